The molecule has 10 heteroatoms. The van der Waals surface area contributed by atoms with E-state index >= 15 is 0 Å². The van der Waals surface area contributed by atoms with E-state index in [1.54, 1.807) is 23.1 Å². The molecule has 0 aliphatic heterocycles. The average Bonchev–Trinajstić information content (AvgIpc) is 2.61. The van der Waals surface area contributed by atoms with E-state index in [2.05, 4.69) is 15.4 Å². The number of rotatable bonds is 7. The molecule has 0 saturated carbocycles. The van der Waals surface area contributed by atoms with Crippen LogP contribution in [0.2, 0.25) is 5.02 Å². The molecule has 0 unspecified atom stereocenters. The predicted octanol–water partition coefficient (Wildman–Crippen LogP) is 2.67. The lowest BCUT2D eigenvalue weighted by molar-refractivity contribution is -0.117. The van der Waals surface area contributed by atoms with E-state index in [0.29, 0.717) is 16.4 Å². The molecule has 0 aliphatic rings. The van der Waals surface area contributed by atoms with E-state index in [4.69, 9.17) is 11.6 Å². The Balaban J connectivity index is 2.12. The number of hydrogen-bond donors (Lipinski definition) is 3. The van der Waals surface area contributed by atoms with Gasteiger partial charge in [0, 0.05) is 31.7 Å². The first-order valence-corrected chi connectivity index (χ1v) is 10.5. The van der Waals surface area contributed by atoms with Gasteiger partial charge >= 0.3 is 0 Å². The summed E-state index contributed by atoms with van der Waals surface area (Å²) < 4.78 is 27.5. The number of amides is 2. The highest BCUT2D eigenvalue weighted by molar-refractivity contribution is 7.89. The Hall–Kier alpha value is -2.62. The fourth-order valence-corrected chi connectivity index (χ4v) is 3.89. The highest BCUT2D eigenvalue weighted by Gasteiger charge is 2.23. The SMILES string of the molecule is CC(=O)Nc1ccc(S(=O)(=O)N[C@@H](C)C(=O)Nc2cc(Cl)ccc2N(C)C)cc1. The van der Waals surface area contributed by atoms with Crippen molar-refractivity contribution >= 4 is 50.5 Å². The van der Waals surface area contributed by atoms with Crippen LogP contribution in [0.15, 0.2) is 47.4 Å². The molecular formula is C19H23ClN4O4S. The third kappa shape index (κ3) is 6.18. The second-order valence-electron chi connectivity index (χ2n) is 6.59. The topological polar surface area (TPSA) is 108 Å². The molecule has 8 nitrogen and oxygen atoms in total. The summed E-state index contributed by atoms with van der Waals surface area (Å²) in [5.74, 6) is -0.795. The molecule has 0 heterocycles. The van der Waals surface area contributed by atoms with Crippen LogP contribution < -0.4 is 20.3 Å². The molecule has 156 valence electrons. The van der Waals surface area contributed by atoms with Crippen LogP contribution in [0.3, 0.4) is 0 Å². The molecule has 0 fully saturated rings. The van der Waals surface area contributed by atoms with Crippen molar-refractivity contribution in [3.63, 3.8) is 0 Å². The molecule has 0 saturated heterocycles. The monoisotopic (exact) mass is 438 g/mol. The highest BCUT2D eigenvalue weighted by atomic mass is 35.5. The standard InChI is InChI=1S/C19H23ClN4O4S/c1-12(19(26)22-17-11-14(20)5-10-18(17)24(3)4)23-29(27,28)16-8-6-15(7-9-16)21-13(2)25/h5-12,23H,1-4H3,(H,21,25)(H,22,26)/t12-/m0/s1. The summed E-state index contributed by atoms with van der Waals surface area (Å²) in [4.78, 5) is 25.4. The lowest BCUT2D eigenvalue weighted by Crippen LogP contribution is -2.41. The zero-order chi connectivity index (χ0) is 21.8. The molecule has 2 rings (SSSR count). The molecule has 2 aromatic rings. The van der Waals surface area contributed by atoms with Gasteiger partial charge in [-0.15, -0.1) is 0 Å². The first-order valence-electron chi connectivity index (χ1n) is 8.67. The number of carbonyl (C=O) groups excluding carboxylic acids is 2. The van der Waals surface area contributed by atoms with Crippen LogP contribution in [0, 0.1) is 0 Å². The van der Waals surface area contributed by atoms with Gasteiger partial charge < -0.3 is 15.5 Å². The number of hydrogen-bond acceptors (Lipinski definition) is 5. The van der Waals surface area contributed by atoms with Crippen molar-refractivity contribution in [2.24, 2.45) is 0 Å². The number of anilines is 3. The molecule has 0 aliphatic carbocycles. The quantitative estimate of drug-likeness (QED) is 0.616. The number of halogens is 1. The van der Waals surface area contributed by atoms with Crippen LogP contribution >= 0.6 is 11.6 Å². The van der Waals surface area contributed by atoms with Crippen LogP contribution in [-0.4, -0.2) is 40.4 Å². The summed E-state index contributed by atoms with van der Waals surface area (Å²) >= 11 is 6.01. The zero-order valence-corrected chi connectivity index (χ0v) is 18.1. The molecule has 2 aromatic carbocycles. The van der Waals surface area contributed by atoms with Gasteiger partial charge in [0.2, 0.25) is 21.8 Å². The van der Waals surface area contributed by atoms with Crippen LogP contribution in [0.5, 0.6) is 0 Å². The van der Waals surface area contributed by atoms with Crippen molar-refractivity contribution in [3.05, 3.63) is 47.5 Å². The minimum absolute atomic E-state index is 0.0250. The molecule has 29 heavy (non-hydrogen) atoms. The summed E-state index contributed by atoms with van der Waals surface area (Å²) in [7, 11) is -0.306. The Morgan fingerprint density at radius 1 is 1.03 bits per heavy atom. The Morgan fingerprint density at radius 3 is 2.21 bits per heavy atom. The Kier molecular flexibility index (Phi) is 7.23. The zero-order valence-electron chi connectivity index (χ0n) is 16.5. The van der Waals surface area contributed by atoms with Gasteiger partial charge in [-0.25, -0.2) is 8.42 Å². The van der Waals surface area contributed by atoms with Gasteiger partial charge in [-0.3, -0.25) is 9.59 Å². The predicted molar refractivity (Wildman–Crippen MR) is 115 cm³/mol. The fourth-order valence-electron chi connectivity index (χ4n) is 2.51. The Labute approximate surface area is 175 Å². The summed E-state index contributed by atoms with van der Waals surface area (Å²) in [5.41, 5.74) is 1.67. The lowest BCUT2D eigenvalue weighted by atomic mass is 10.2. The van der Waals surface area contributed by atoms with Crippen molar-refractivity contribution in [2.45, 2.75) is 24.8 Å². The minimum Gasteiger partial charge on any atom is -0.376 e. The van der Waals surface area contributed by atoms with Crippen LogP contribution in [0.25, 0.3) is 0 Å². The molecule has 0 spiro atoms. The number of sulfonamides is 1. The number of nitrogens with one attached hydrogen (secondary N) is 3. The minimum atomic E-state index is -3.94. The smallest absolute Gasteiger partial charge is 0.242 e. The molecule has 0 bridgehead atoms. The fraction of sp³-hybridized carbons (Fsp3) is 0.263. The average molecular weight is 439 g/mol. The largest absolute Gasteiger partial charge is 0.376 e. The number of benzene rings is 2. The summed E-state index contributed by atoms with van der Waals surface area (Å²) in [6.45, 7) is 2.80. The van der Waals surface area contributed by atoms with E-state index < -0.39 is 22.0 Å². The van der Waals surface area contributed by atoms with Gasteiger partial charge in [0.1, 0.15) is 0 Å². The van der Waals surface area contributed by atoms with E-state index in [0.717, 1.165) is 5.69 Å². The summed E-state index contributed by atoms with van der Waals surface area (Å²) in [6, 6.07) is 9.64. The maximum atomic E-state index is 12.6. The highest BCUT2D eigenvalue weighted by Crippen LogP contribution is 2.28. The molecule has 0 radical (unpaired) electrons. The van der Waals surface area contributed by atoms with Crippen molar-refractivity contribution in [3.8, 4) is 0 Å². The summed E-state index contributed by atoms with van der Waals surface area (Å²) in [6.07, 6.45) is 0. The third-order valence-corrected chi connectivity index (χ3v) is 5.70. The van der Waals surface area contributed by atoms with E-state index in [9.17, 15) is 18.0 Å². The van der Waals surface area contributed by atoms with E-state index in [-0.39, 0.29) is 10.8 Å². The first-order chi connectivity index (χ1) is 13.5. The van der Waals surface area contributed by atoms with Crippen molar-refractivity contribution in [1.29, 1.82) is 0 Å². The van der Waals surface area contributed by atoms with Crippen LogP contribution in [-0.2, 0) is 19.6 Å². The van der Waals surface area contributed by atoms with Crippen LogP contribution in [0.4, 0.5) is 17.1 Å². The summed E-state index contributed by atoms with van der Waals surface area (Å²) in [5, 5.41) is 5.70. The molecule has 1 atom stereocenters. The van der Waals surface area contributed by atoms with Gasteiger partial charge in [-0.2, -0.15) is 4.72 Å². The van der Waals surface area contributed by atoms with Gasteiger partial charge in [0.05, 0.1) is 22.3 Å². The molecular weight excluding hydrogens is 416 g/mol. The molecule has 3 N–H and O–H groups in total. The van der Waals surface area contributed by atoms with Crippen molar-refractivity contribution in [1.82, 2.24) is 4.72 Å². The van der Waals surface area contributed by atoms with Gasteiger partial charge in [0.15, 0.2) is 0 Å². The van der Waals surface area contributed by atoms with Crippen LogP contribution in [0.1, 0.15) is 13.8 Å². The maximum absolute atomic E-state index is 12.6. The Morgan fingerprint density at radius 2 is 1.66 bits per heavy atom. The van der Waals surface area contributed by atoms with Crippen molar-refractivity contribution in [2.75, 3.05) is 29.6 Å². The van der Waals surface area contributed by atoms with Gasteiger partial charge in [-0.05, 0) is 49.4 Å². The second-order valence-corrected chi connectivity index (χ2v) is 8.74. The van der Waals surface area contributed by atoms with Gasteiger partial charge in [-0.1, -0.05) is 11.6 Å². The third-order valence-electron chi connectivity index (χ3n) is 3.91. The number of carbonyl (C=O) groups is 2. The lowest BCUT2D eigenvalue weighted by Gasteiger charge is -2.20. The van der Waals surface area contributed by atoms with E-state index in [1.165, 1.54) is 38.1 Å². The maximum Gasteiger partial charge on any atom is 0.242 e. The first kappa shape index (κ1) is 22.7. The van der Waals surface area contributed by atoms with Gasteiger partial charge in [0.25, 0.3) is 0 Å². The van der Waals surface area contributed by atoms with Crippen molar-refractivity contribution < 1.29 is 18.0 Å². The van der Waals surface area contributed by atoms with E-state index in [1.807, 2.05) is 14.1 Å². The molecule has 2 amide bonds. The molecule has 0 aromatic heterocycles. The Bertz CT molecular complexity index is 1010. The number of nitrogens with zero attached hydrogens (tertiary/aromatic N) is 1. The normalized spacial score (nSPS) is 12.2. The second kappa shape index (κ2) is 9.25.